The Morgan fingerprint density at radius 3 is 3.08 bits per heavy atom. The third-order valence-corrected chi connectivity index (χ3v) is 5.47. The quantitative estimate of drug-likeness (QED) is 0.807. The van der Waals surface area contributed by atoms with Gasteiger partial charge in [0.25, 0.3) is 0 Å². The standard InChI is InChI=1S/C17H24N4O2S/c1-12-4-7-24-15(12)10-21-8-13(17(22)18-5-6-23-3)16-14(9-21)19-11-20(16)2/h4,7,11,13H,5-6,8-10H2,1-3H3,(H,18,22). The maximum Gasteiger partial charge on any atom is 0.230 e. The van der Waals surface area contributed by atoms with E-state index in [9.17, 15) is 4.79 Å². The van der Waals surface area contributed by atoms with E-state index in [0.717, 1.165) is 24.5 Å². The molecule has 1 amide bonds. The molecule has 0 spiro atoms. The SMILES string of the molecule is COCCNC(=O)C1CN(Cc2sccc2C)Cc2ncn(C)c21. The molecule has 0 aliphatic carbocycles. The molecule has 3 heterocycles. The summed E-state index contributed by atoms with van der Waals surface area (Å²) in [5.74, 6) is -0.150. The lowest BCUT2D eigenvalue weighted by atomic mass is 9.97. The molecule has 24 heavy (non-hydrogen) atoms. The Bertz CT molecular complexity index is 709. The molecule has 0 bridgehead atoms. The van der Waals surface area contributed by atoms with E-state index in [1.54, 1.807) is 24.8 Å². The first-order valence-electron chi connectivity index (χ1n) is 8.12. The third-order valence-electron chi connectivity index (χ3n) is 4.46. The van der Waals surface area contributed by atoms with Crippen molar-refractivity contribution in [1.29, 1.82) is 0 Å². The van der Waals surface area contributed by atoms with E-state index < -0.39 is 0 Å². The van der Waals surface area contributed by atoms with E-state index in [4.69, 9.17) is 4.74 Å². The zero-order valence-corrected chi connectivity index (χ0v) is 15.2. The van der Waals surface area contributed by atoms with Gasteiger partial charge in [-0.25, -0.2) is 4.98 Å². The number of methoxy groups -OCH3 is 1. The monoisotopic (exact) mass is 348 g/mol. The number of hydrogen-bond acceptors (Lipinski definition) is 5. The molecule has 0 aromatic carbocycles. The first-order valence-corrected chi connectivity index (χ1v) is 9.00. The Kier molecular flexibility index (Phi) is 5.33. The van der Waals surface area contributed by atoms with Crippen LogP contribution in [0.1, 0.15) is 27.7 Å². The molecule has 2 aromatic rings. The predicted molar refractivity (Wildman–Crippen MR) is 94.0 cm³/mol. The molecule has 7 heteroatoms. The van der Waals surface area contributed by atoms with E-state index in [1.807, 2.05) is 11.6 Å². The van der Waals surface area contributed by atoms with Gasteiger partial charge in [-0.15, -0.1) is 11.3 Å². The van der Waals surface area contributed by atoms with Crippen molar-refractivity contribution in [2.24, 2.45) is 7.05 Å². The van der Waals surface area contributed by atoms with E-state index in [1.165, 1.54) is 10.4 Å². The fraction of sp³-hybridized carbons (Fsp3) is 0.529. The van der Waals surface area contributed by atoms with Crippen LogP contribution in [0.3, 0.4) is 0 Å². The first kappa shape index (κ1) is 17.1. The minimum absolute atomic E-state index is 0.0458. The van der Waals surface area contributed by atoms with Gasteiger partial charge in [0.15, 0.2) is 0 Å². The van der Waals surface area contributed by atoms with E-state index in [2.05, 4.69) is 33.6 Å². The second-order valence-electron chi connectivity index (χ2n) is 6.22. The van der Waals surface area contributed by atoms with Crippen LogP contribution in [0.15, 0.2) is 17.8 Å². The summed E-state index contributed by atoms with van der Waals surface area (Å²) in [7, 11) is 3.59. The number of nitrogens with one attached hydrogen (secondary N) is 1. The highest BCUT2D eigenvalue weighted by atomic mass is 32.1. The first-order chi connectivity index (χ1) is 11.6. The molecule has 1 aliphatic rings. The molecule has 1 unspecified atom stereocenters. The topological polar surface area (TPSA) is 59.4 Å². The lowest BCUT2D eigenvalue weighted by Crippen LogP contribution is -2.42. The lowest BCUT2D eigenvalue weighted by Gasteiger charge is -2.32. The van der Waals surface area contributed by atoms with Crippen molar-refractivity contribution in [2.45, 2.75) is 25.9 Å². The van der Waals surface area contributed by atoms with Crippen LogP contribution >= 0.6 is 11.3 Å². The average Bonchev–Trinajstić information content (AvgIpc) is 3.13. The fourth-order valence-electron chi connectivity index (χ4n) is 3.17. The van der Waals surface area contributed by atoms with Crippen molar-refractivity contribution in [2.75, 3.05) is 26.8 Å². The Morgan fingerprint density at radius 2 is 2.38 bits per heavy atom. The van der Waals surface area contributed by atoms with Gasteiger partial charge in [-0.05, 0) is 23.9 Å². The number of carbonyl (C=O) groups is 1. The number of aryl methyl sites for hydroxylation is 2. The molecule has 0 radical (unpaired) electrons. The van der Waals surface area contributed by atoms with Gasteiger partial charge in [-0.2, -0.15) is 0 Å². The number of ether oxygens (including phenoxy) is 1. The van der Waals surface area contributed by atoms with Gasteiger partial charge in [0.1, 0.15) is 0 Å². The van der Waals surface area contributed by atoms with Crippen LogP contribution in [0.2, 0.25) is 0 Å². The largest absolute Gasteiger partial charge is 0.383 e. The van der Waals surface area contributed by atoms with Crippen molar-refractivity contribution in [1.82, 2.24) is 19.8 Å². The molecule has 1 aliphatic heterocycles. The summed E-state index contributed by atoms with van der Waals surface area (Å²) in [5.41, 5.74) is 3.35. The zero-order valence-electron chi connectivity index (χ0n) is 14.4. The summed E-state index contributed by atoms with van der Waals surface area (Å²) in [4.78, 5) is 20.8. The number of fused-ring (bicyclic) bond motifs is 1. The lowest BCUT2D eigenvalue weighted by molar-refractivity contribution is -0.123. The number of nitrogens with zero attached hydrogens (tertiary/aromatic N) is 3. The molecule has 0 saturated heterocycles. The van der Waals surface area contributed by atoms with Crippen molar-refractivity contribution >= 4 is 17.2 Å². The van der Waals surface area contributed by atoms with Gasteiger partial charge in [-0.3, -0.25) is 9.69 Å². The smallest absolute Gasteiger partial charge is 0.230 e. The Balaban J connectivity index is 1.77. The van der Waals surface area contributed by atoms with Crippen molar-refractivity contribution in [3.63, 3.8) is 0 Å². The molecule has 130 valence electrons. The van der Waals surface area contributed by atoms with Gasteiger partial charge in [0.2, 0.25) is 5.91 Å². The normalized spacial score (nSPS) is 17.7. The highest BCUT2D eigenvalue weighted by molar-refractivity contribution is 7.10. The van der Waals surface area contributed by atoms with Crippen LogP contribution in [0, 0.1) is 6.92 Å². The van der Waals surface area contributed by atoms with Crippen LogP contribution in [0.5, 0.6) is 0 Å². The summed E-state index contributed by atoms with van der Waals surface area (Å²) < 4.78 is 7.00. The van der Waals surface area contributed by atoms with Crippen molar-refractivity contribution in [3.8, 4) is 0 Å². The van der Waals surface area contributed by atoms with Crippen molar-refractivity contribution < 1.29 is 9.53 Å². The number of thiophene rings is 1. The van der Waals surface area contributed by atoms with Crippen LogP contribution in [-0.4, -0.2) is 47.2 Å². The molecule has 0 fully saturated rings. The summed E-state index contributed by atoms with van der Waals surface area (Å²) in [6.45, 7) is 5.55. The zero-order chi connectivity index (χ0) is 17.1. The summed E-state index contributed by atoms with van der Waals surface area (Å²) >= 11 is 1.77. The number of rotatable bonds is 6. The van der Waals surface area contributed by atoms with Crippen LogP contribution in [0.25, 0.3) is 0 Å². The highest BCUT2D eigenvalue weighted by Crippen LogP contribution is 2.29. The second-order valence-corrected chi connectivity index (χ2v) is 7.22. The van der Waals surface area contributed by atoms with E-state index in [-0.39, 0.29) is 11.8 Å². The Morgan fingerprint density at radius 1 is 1.54 bits per heavy atom. The van der Waals surface area contributed by atoms with E-state index in [0.29, 0.717) is 19.7 Å². The maximum absolute atomic E-state index is 12.7. The molecular formula is C17H24N4O2S. The maximum atomic E-state index is 12.7. The molecule has 2 aromatic heterocycles. The van der Waals surface area contributed by atoms with Crippen LogP contribution < -0.4 is 5.32 Å². The molecule has 1 atom stereocenters. The Labute approximate surface area is 146 Å². The van der Waals surface area contributed by atoms with Crippen LogP contribution in [-0.2, 0) is 29.7 Å². The molecule has 0 saturated carbocycles. The number of hydrogen-bond donors (Lipinski definition) is 1. The minimum atomic E-state index is -0.196. The van der Waals surface area contributed by atoms with Gasteiger partial charge >= 0.3 is 0 Å². The number of imidazole rings is 1. The van der Waals surface area contributed by atoms with E-state index >= 15 is 0 Å². The van der Waals surface area contributed by atoms with Gasteiger partial charge < -0.3 is 14.6 Å². The summed E-state index contributed by atoms with van der Waals surface area (Å²) in [6.07, 6.45) is 1.81. The average molecular weight is 348 g/mol. The van der Waals surface area contributed by atoms with Crippen LogP contribution in [0.4, 0.5) is 0 Å². The minimum Gasteiger partial charge on any atom is -0.383 e. The number of aromatic nitrogens is 2. The number of carbonyl (C=O) groups excluding carboxylic acids is 1. The van der Waals surface area contributed by atoms with Gasteiger partial charge in [0.05, 0.1) is 30.2 Å². The predicted octanol–water partition coefficient (Wildman–Crippen LogP) is 1.65. The molecule has 6 nitrogen and oxygen atoms in total. The fourth-order valence-corrected chi connectivity index (χ4v) is 4.12. The third kappa shape index (κ3) is 3.53. The second kappa shape index (κ2) is 7.46. The summed E-state index contributed by atoms with van der Waals surface area (Å²) in [5, 5.41) is 5.09. The van der Waals surface area contributed by atoms with Gasteiger partial charge in [-0.1, -0.05) is 0 Å². The molecule has 1 N–H and O–H groups in total. The summed E-state index contributed by atoms with van der Waals surface area (Å²) in [6, 6.07) is 2.14. The number of amides is 1. The Hall–Kier alpha value is -1.70. The molecular weight excluding hydrogens is 324 g/mol. The van der Waals surface area contributed by atoms with Gasteiger partial charge in [0, 0.05) is 45.2 Å². The van der Waals surface area contributed by atoms with Crippen molar-refractivity contribution in [3.05, 3.63) is 39.6 Å². The molecule has 3 rings (SSSR count). The highest BCUT2D eigenvalue weighted by Gasteiger charge is 2.33.